The van der Waals surface area contributed by atoms with E-state index in [0.717, 1.165) is 6.42 Å². The molecule has 0 aliphatic rings. The SMILES string of the molecule is CCCCCCCCCC=C=N. The van der Waals surface area contributed by atoms with Crippen LogP contribution in [0.4, 0.5) is 0 Å². The molecule has 0 heterocycles. The Labute approximate surface area is 76.4 Å². The normalized spacial score (nSPS) is 9.42. The average Bonchev–Trinajstić information content (AvgIpc) is 2.10. The lowest BCUT2D eigenvalue weighted by atomic mass is 10.1. The summed E-state index contributed by atoms with van der Waals surface area (Å²) < 4.78 is 0. The third-order valence-corrected chi connectivity index (χ3v) is 2.05. The maximum absolute atomic E-state index is 6.67. The molecule has 0 aliphatic carbocycles. The Morgan fingerprint density at radius 2 is 1.58 bits per heavy atom. The van der Waals surface area contributed by atoms with E-state index in [4.69, 9.17) is 5.41 Å². The monoisotopic (exact) mass is 167 g/mol. The van der Waals surface area contributed by atoms with E-state index in [1.807, 2.05) is 6.08 Å². The zero-order valence-electron chi connectivity index (χ0n) is 8.23. The number of allylic oxidation sites excluding steroid dienone is 1. The summed E-state index contributed by atoms with van der Waals surface area (Å²) in [5, 5.41) is 6.67. The molecule has 0 aromatic rings. The largest absolute Gasteiger partial charge is 0.259 e. The summed E-state index contributed by atoms with van der Waals surface area (Å²) in [7, 11) is 0. The molecule has 1 nitrogen and oxygen atoms in total. The highest BCUT2D eigenvalue weighted by Gasteiger charge is 1.88. The van der Waals surface area contributed by atoms with Crippen molar-refractivity contribution in [1.82, 2.24) is 0 Å². The molecular weight excluding hydrogens is 146 g/mol. The Kier molecular flexibility index (Phi) is 9.97. The number of nitrogens with one attached hydrogen (secondary N) is 1. The molecule has 0 fully saturated rings. The summed E-state index contributed by atoms with van der Waals surface area (Å²) in [6, 6.07) is 0. The van der Waals surface area contributed by atoms with Crippen LogP contribution in [0, 0.1) is 5.41 Å². The second-order valence-corrected chi connectivity index (χ2v) is 3.26. The van der Waals surface area contributed by atoms with Crippen molar-refractivity contribution in [3.63, 3.8) is 0 Å². The van der Waals surface area contributed by atoms with Gasteiger partial charge in [-0.05, 0) is 24.8 Å². The first kappa shape index (κ1) is 11.4. The summed E-state index contributed by atoms with van der Waals surface area (Å²) in [6.45, 7) is 2.24. The predicted molar refractivity (Wildman–Crippen MR) is 54.9 cm³/mol. The van der Waals surface area contributed by atoms with Crippen molar-refractivity contribution in [3.05, 3.63) is 6.08 Å². The van der Waals surface area contributed by atoms with Crippen LogP contribution in [0.3, 0.4) is 0 Å². The van der Waals surface area contributed by atoms with E-state index in [0.29, 0.717) is 0 Å². The Bertz CT molecular complexity index is 123. The molecule has 12 heavy (non-hydrogen) atoms. The standard InChI is InChI=1S/C11H21N/c1-2-3-4-5-6-7-8-9-10-11-12/h10,12H,2-9H2,1H3. The van der Waals surface area contributed by atoms with Gasteiger partial charge < -0.3 is 0 Å². The van der Waals surface area contributed by atoms with E-state index in [-0.39, 0.29) is 0 Å². The van der Waals surface area contributed by atoms with E-state index in [2.05, 4.69) is 12.8 Å². The van der Waals surface area contributed by atoms with Gasteiger partial charge in [-0.2, -0.15) is 0 Å². The number of unbranched alkanes of at least 4 members (excludes halogenated alkanes) is 7. The topological polar surface area (TPSA) is 23.9 Å². The fourth-order valence-electron chi connectivity index (χ4n) is 1.28. The van der Waals surface area contributed by atoms with Gasteiger partial charge in [-0.1, -0.05) is 45.4 Å². The van der Waals surface area contributed by atoms with Gasteiger partial charge in [0.25, 0.3) is 0 Å². The third kappa shape index (κ3) is 9.45. The Morgan fingerprint density at radius 1 is 1.00 bits per heavy atom. The molecular formula is C11H21N. The van der Waals surface area contributed by atoms with Gasteiger partial charge in [-0.3, -0.25) is 5.41 Å². The molecule has 1 heteroatoms. The Balaban J connectivity index is 2.86. The molecule has 70 valence electrons. The lowest BCUT2D eigenvalue weighted by Gasteiger charge is -1.97. The minimum atomic E-state index is 1.04. The van der Waals surface area contributed by atoms with Crippen molar-refractivity contribution >= 4 is 5.87 Å². The van der Waals surface area contributed by atoms with Gasteiger partial charge >= 0.3 is 0 Å². The minimum Gasteiger partial charge on any atom is -0.259 e. The summed E-state index contributed by atoms with van der Waals surface area (Å²) in [6.07, 6.45) is 12.3. The summed E-state index contributed by atoms with van der Waals surface area (Å²) in [5.74, 6) is 2.30. The van der Waals surface area contributed by atoms with Gasteiger partial charge in [-0.15, -0.1) is 0 Å². The fourth-order valence-corrected chi connectivity index (χ4v) is 1.28. The number of rotatable bonds is 8. The molecule has 0 radical (unpaired) electrons. The maximum atomic E-state index is 6.67. The highest BCUT2D eigenvalue weighted by molar-refractivity contribution is 5.46. The Morgan fingerprint density at radius 3 is 2.17 bits per heavy atom. The molecule has 0 spiro atoms. The van der Waals surface area contributed by atoms with Crippen molar-refractivity contribution in [1.29, 1.82) is 5.41 Å². The van der Waals surface area contributed by atoms with Crippen molar-refractivity contribution in [2.75, 3.05) is 0 Å². The van der Waals surface area contributed by atoms with E-state index >= 15 is 0 Å². The van der Waals surface area contributed by atoms with Crippen LogP contribution >= 0.6 is 0 Å². The maximum Gasteiger partial charge on any atom is -0.0234 e. The molecule has 0 unspecified atom stereocenters. The summed E-state index contributed by atoms with van der Waals surface area (Å²) >= 11 is 0. The molecule has 0 saturated carbocycles. The van der Waals surface area contributed by atoms with Crippen LogP contribution in [0.1, 0.15) is 58.3 Å². The molecule has 0 rings (SSSR count). The Hall–Kier alpha value is -0.550. The van der Waals surface area contributed by atoms with Crippen LogP contribution in [0.15, 0.2) is 6.08 Å². The van der Waals surface area contributed by atoms with Crippen molar-refractivity contribution < 1.29 is 0 Å². The molecule has 0 aliphatic heterocycles. The van der Waals surface area contributed by atoms with E-state index in [1.165, 1.54) is 44.9 Å². The first-order chi connectivity index (χ1) is 5.91. The van der Waals surface area contributed by atoms with Crippen LogP contribution in [0.25, 0.3) is 0 Å². The highest BCUT2D eigenvalue weighted by atomic mass is 14.3. The van der Waals surface area contributed by atoms with Crippen molar-refractivity contribution in [2.24, 2.45) is 0 Å². The first-order valence-electron chi connectivity index (χ1n) is 5.15. The van der Waals surface area contributed by atoms with Crippen molar-refractivity contribution in [2.45, 2.75) is 58.3 Å². The molecule has 0 aromatic carbocycles. The molecule has 0 aromatic heterocycles. The van der Waals surface area contributed by atoms with Crippen LogP contribution in [-0.2, 0) is 0 Å². The molecule has 1 N–H and O–H groups in total. The number of hydrogen-bond donors (Lipinski definition) is 1. The smallest absolute Gasteiger partial charge is 0.0234 e. The molecule has 0 atom stereocenters. The zero-order chi connectivity index (χ0) is 9.07. The van der Waals surface area contributed by atoms with Crippen molar-refractivity contribution in [3.8, 4) is 0 Å². The molecule has 0 saturated heterocycles. The minimum absolute atomic E-state index is 1.04. The van der Waals surface area contributed by atoms with Crippen LogP contribution < -0.4 is 0 Å². The van der Waals surface area contributed by atoms with E-state index in [9.17, 15) is 0 Å². The second kappa shape index (κ2) is 10.4. The van der Waals surface area contributed by atoms with Crippen LogP contribution in [0.5, 0.6) is 0 Å². The van der Waals surface area contributed by atoms with Gasteiger partial charge in [0.1, 0.15) is 0 Å². The summed E-state index contributed by atoms with van der Waals surface area (Å²) in [5.41, 5.74) is 0. The molecule has 0 bridgehead atoms. The van der Waals surface area contributed by atoms with Gasteiger partial charge in [0, 0.05) is 0 Å². The zero-order valence-corrected chi connectivity index (χ0v) is 8.23. The lowest BCUT2D eigenvalue weighted by molar-refractivity contribution is 0.592. The van der Waals surface area contributed by atoms with E-state index in [1.54, 1.807) is 0 Å². The van der Waals surface area contributed by atoms with E-state index < -0.39 is 0 Å². The lowest BCUT2D eigenvalue weighted by Crippen LogP contribution is -1.78. The highest BCUT2D eigenvalue weighted by Crippen LogP contribution is 2.07. The third-order valence-electron chi connectivity index (χ3n) is 2.05. The number of hydrogen-bond acceptors (Lipinski definition) is 1. The summed E-state index contributed by atoms with van der Waals surface area (Å²) in [4.78, 5) is 0. The average molecular weight is 167 g/mol. The quantitative estimate of drug-likeness (QED) is 0.418. The van der Waals surface area contributed by atoms with Gasteiger partial charge in [0.05, 0.1) is 0 Å². The van der Waals surface area contributed by atoms with Gasteiger partial charge in [0.15, 0.2) is 0 Å². The first-order valence-corrected chi connectivity index (χ1v) is 5.15. The van der Waals surface area contributed by atoms with Crippen LogP contribution in [0.2, 0.25) is 0 Å². The van der Waals surface area contributed by atoms with Gasteiger partial charge in [0.2, 0.25) is 0 Å². The van der Waals surface area contributed by atoms with Crippen LogP contribution in [-0.4, -0.2) is 5.87 Å². The van der Waals surface area contributed by atoms with Gasteiger partial charge in [-0.25, -0.2) is 0 Å². The fraction of sp³-hybridized carbons (Fsp3) is 0.818. The molecule has 0 amide bonds. The second-order valence-electron chi connectivity index (χ2n) is 3.26. The predicted octanol–water partition coefficient (Wildman–Crippen LogP) is 3.93.